The molecule has 2 heterocycles. The molecule has 0 bridgehead atoms. The molecule has 0 saturated heterocycles. The van der Waals surface area contributed by atoms with Crippen LogP contribution in [-0.4, -0.2) is 32.2 Å². The summed E-state index contributed by atoms with van der Waals surface area (Å²) in [6, 6.07) is 3.84. The lowest BCUT2D eigenvalue weighted by atomic mass is 10.2. The van der Waals surface area contributed by atoms with E-state index >= 15 is 0 Å². The van der Waals surface area contributed by atoms with Crippen LogP contribution in [0.2, 0.25) is 5.02 Å². The zero-order valence-corrected chi connectivity index (χ0v) is 15.5. The van der Waals surface area contributed by atoms with Gasteiger partial charge in [0.1, 0.15) is 22.2 Å². The first kappa shape index (κ1) is 17.7. The van der Waals surface area contributed by atoms with Crippen molar-refractivity contribution in [3.8, 4) is 0 Å². The number of amides is 1. The van der Waals surface area contributed by atoms with Crippen LogP contribution < -0.4 is 5.32 Å². The fraction of sp³-hybridized carbons (Fsp3) is 0.133. The summed E-state index contributed by atoms with van der Waals surface area (Å²) in [5, 5.41) is 3.08. The molecule has 130 valence electrons. The molecule has 1 atom stereocenters. The van der Waals surface area contributed by atoms with Gasteiger partial charge in [-0.3, -0.25) is 9.10 Å². The van der Waals surface area contributed by atoms with E-state index in [1.807, 2.05) is 6.92 Å². The van der Waals surface area contributed by atoms with E-state index in [9.17, 15) is 13.4 Å². The van der Waals surface area contributed by atoms with Crippen molar-refractivity contribution >= 4 is 51.4 Å². The third kappa shape index (κ3) is 3.78. The number of rotatable bonds is 3. The van der Waals surface area contributed by atoms with Gasteiger partial charge in [-0.15, -0.1) is 11.3 Å². The van der Waals surface area contributed by atoms with E-state index in [0.717, 1.165) is 10.9 Å². The van der Waals surface area contributed by atoms with Gasteiger partial charge in [0.15, 0.2) is 0 Å². The average Bonchev–Trinajstić information content (AvgIpc) is 3.00. The predicted molar refractivity (Wildman–Crippen MR) is 97.4 cm³/mol. The Morgan fingerprint density at radius 3 is 2.84 bits per heavy atom. The largest absolute Gasteiger partial charge is 0.321 e. The first-order valence-electron chi connectivity index (χ1n) is 7.00. The van der Waals surface area contributed by atoms with Gasteiger partial charge in [0.05, 0.1) is 5.02 Å². The first-order chi connectivity index (χ1) is 11.8. The van der Waals surface area contributed by atoms with Crippen LogP contribution in [0.15, 0.2) is 40.6 Å². The molecule has 1 aliphatic heterocycles. The summed E-state index contributed by atoms with van der Waals surface area (Å²) >= 11 is 5.35. The highest BCUT2D eigenvalue weighted by Gasteiger charge is 2.26. The molecule has 1 unspecified atom stereocenters. The number of hydrogen-bond donors (Lipinski definition) is 1. The maximum Gasteiger partial charge on any atom is 0.272 e. The minimum absolute atomic E-state index is 0.104. The van der Waals surface area contributed by atoms with Crippen molar-refractivity contribution in [1.29, 1.82) is 0 Å². The molecule has 3 rings (SSSR count). The zero-order chi connectivity index (χ0) is 18.1. The number of benzene rings is 1. The highest BCUT2D eigenvalue weighted by molar-refractivity contribution is 7.81. The molecule has 25 heavy (non-hydrogen) atoms. The predicted octanol–water partition coefficient (Wildman–Crippen LogP) is 3.08. The van der Waals surface area contributed by atoms with Gasteiger partial charge in [0, 0.05) is 23.8 Å². The third-order valence-electron chi connectivity index (χ3n) is 3.27. The van der Waals surface area contributed by atoms with E-state index in [4.69, 9.17) is 11.6 Å². The molecule has 0 fully saturated rings. The molecular weight excluding hydrogens is 387 g/mol. The molecular formula is C15H12ClFN4O2S2. The van der Waals surface area contributed by atoms with Crippen molar-refractivity contribution < 1.29 is 13.4 Å². The number of likely N-dealkylation sites (N-methyl/N-ethyl adjacent to an activating group) is 1. The number of halogens is 2. The van der Waals surface area contributed by atoms with Gasteiger partial charge in [0.2, 0.25) is 11.2 Å². The number of hydrogen-bond acceptors (Lipinski definition) is 4. The van der Waals surface area contributed by atoms with Gasteiger partial charge in [-0.1, -0.05) is 11.6 Å². The molecule has 0 aliphatic carbocycles. The van der Waals surface area contributed by atoms with Gasteiger partial charge < -0.3 is 5.32 Å². The summed E-state index contributed by atoms with van der Waals surface area (Å²) < 4.78 is 30.7. The standard InChI is InChI=1S/C15H12ClFN4O2S2/c1-8-7-18-15(24-8)12-6-13(21(2)25(23)20-12)14(22)19-9-3-4-11(17)10(16)5-9/h3-7H,1-2H3,(H,19,22). The number of carbonyl (C=O) groups excluding carboxylic acids is 1. The lowest BCUT2D eigenvalue weighted by Gasteiger charge is -2.22. The quantitative estimate of drug-likeness (QED) is 0.863. The summed E-state index contributed by atoms with van der Waals surface area (Å²) in [4.78, 5) is 17.7. The molecule has 10 heteroatoms. The molecule has 2 aromatic rings. The second-order valence-electron chi connectivity index (χ2n) is 5.09. The Morgan fingerprint density at radius 1 is 1.44 bits per heavy atom. The Hall–Kier alpha value is -2.10. The number of anilines is 1. The maximum absolute atomic E-state index is 13.2. The van der Waals surface area contributed by atoms with Crippen LogP contribution in [0.5, 0.6) is 0 Å². The minimum atomic E-state index is -1.75. The normalized spacial score (nSPS) is 17.1. The second-order valence-corrected chi connectivity index (χ2v) is 7.93. The lowest BCUT2D eigenvalue weighted by Crippen LogP contribution is -2.32. The van der Waals surface area contributed by atoms with Crippen molar-refractivity contribution in [3.05, 3.63) is 56.9 Å². The second kappa shape index (κ2) is 7.03. The summed E-state index contributed by atoms with van der Waals surface area (Å²) in [7, 11) is 1.49. The lowest BCUT2D eigenvalue weighted by molar-refractivity contribution is -0.113. The Kier molecular flexibility index (Phi) is 4.98. The molecule has 1 N–H and O–H groups in total. The van der Waals surface area contributed by atoms with Crippen LogP contribution >= 0.6 is 22.9 Å². The minimum Gasteiger partial charge on any atom is -0.321 e. The molecule has 1 aromatic carbocycles. The van der Waals surface area contributed by atoms with Crippen LogP contribution in [0, 0.1) is 12.7 Å². The SMILES string of the molecule is Cc1cnc(C2=NS(=O)N(C)C(C(=O)Nc3ccc(F)c(Cl)c3)=C2)s1. The van der Waals surface area contributed by atoms with Crippen LogP contribution in [-0.2, 0) is 16.0 Å². The van der Waals surface area contributed by atoms with E-state index in [1.165, 1.54) is 40.9 Å². The summed E-state index contributed by atoms with van der Waals surface area (Å²) in [5.41, 5.74) is 0.846. The van der Waals surface area contributed by atoms with Gasteiger partial charge >= 0.3 is 0 Å². The highest BCUT2D eigenvalue weighted by atomic mass is 35.5. The van der Waals surface area contributed by atoms with Gasteiger partial charge in [-0.2, -0.15) is 4.40 Å². The molecule has 0 radical (unpaired) electrons. The van der Waals surface area contributed by atoms with E-state index in [-0.39, 0.29) is 10.7 Å². The van der Waals surface area contributed by atoms with Crippen molar-refractivity contribution in [1.82, 2.24) is 9.29 Å². The summed E-state index contributed by atoms with van der Waals surface area (Å²) in [5.74, 6) is -1.09. The van der Waals surface area contributed by atoms with Crippen LogP contribution in [0.25, 0.3) is 0 Å². The average molecular weight is 399 g/mol. The van der Waals surface area contributed by atoms with Crippen molar-refractivity contribution in [2.75, 3.05) is 12.4 Å². The number of thiazole rings is 1. The molecule has 0 saturated carbocycles. The number of nitrogens with zero attached hydrogens (tertiary/aromatic N) is 3. The highest BCUT2D eigenvalue weighted by Crippen LogP contribution is 2.23. The summed E-state index contributed by atoms with van der Waals surface area (Å²) in [6.07, 6.45) is 3.19. The van der Waals surface area contributed by atoms with E-state index < -0.39 is 22.9 Å². The summed E-state index contributed by atoms with van der Waals surface area (Å²) in [6.45, 7) is 1.89. The number of aryl methyl sites for hydroxylation is 1. The van der Waals surface area contributed by atoms with Gasteiger partial charge in [-0.25, -0.2) is 13.6 Å². The monoisotopic (exact) mass is 398 g/mol. The first-order valence-corrected chi connectivity index (χ1v) is 9.26. The van der Waals surface area contributed by atoms with Crippen molar-refractivity contribution in [2.45, 2.75) is 6.92 Å². The third-order valence-corrected chi connectivity index (χ3v) is 5.52. The van der Waals surface area contributed by atoms with Gasteiger partial charge in [0.25, 0.3) is 5.91 Å². The van der Waals surface area contributed by atoms with E-state index in [2.05, 4.69) is 14.7 Å². The zero-order valence-electron chi connectivity index (χ0n) is 13.1. The number of carbonyl (C=O) groups is 1. The molecule has 6 nitrogen and oxygen atoms in total. The fourth-order valence-electron chi connectivity index (χ4n) is 2.03. The number of aromatic nitrogens is 1. The smallest absolute Gasteiger partial charge is 0.272 e. The Balaban J connectivity index is 1.89. The molecule has 1 aliphatic rings. The topological polar surface area (TPSA) is 74.7 Å². The van der Waals surface area contributed by atoms with Gasteiger partial charge in [-0.05, 0) is 31.2 Å². The Labute approximate surface area is 154 Å². The Morgan fingerprint density at radius 2 is 2.20 bits per heavy atom. The fourth-order valence-corrected chi connectivity index (χ4v) is 3.72. The van der Waals surface area contributed by atoms with Crippen LogP contribution in [0.4, 0.5) is 10.1 Å². The van der Waals surface area contributed by atoms with E-state index in [1.54, 1.807) is 6.20 Å². The number of nitrogens with one attached hydrogen (secondary N) is 1. The number of allylic oxidation sites excluding steroid dienone is 1. The van der Waals surface area contributed by atoms with E-state index in [0.29, 0.717) is 16.4 Å². The molecule has 1 amide bonds. The van der Waals surface area contributed by atoms with Crippen molar-refractivity contribution in [2.24, 2.45) is 4.40 Å². The maximum atomic E-state index is 13.2. The van der Waals surface area contributed by atoms with Crippen LogP contribution in [0.3, 0.4) is 0 Å². The molecule has 1 aromatic heterocycles. The molecule has 0 spiro atoms. The van der Waals surface area contributed by atoms with Crippen molar-refractivity contribution in [3.63, 3.8) is 0 Å². The Bertz CT molecular complexity index is 941. The van der Waals surface area contributed by atoms with Crippen LogP contribution in [0.1, 0.15) is 9.88 Å².